The van der Waals surface area contributed by atoms with Crippen molar-refractivity contribution in [2.24, 2.45) is 5.84 Å². The first-order chi connectivity index (χ1) is 9.13. The Balaban J connectivity index is 2.25. The summed E-state index contributed by atoms with van der Waals surface area (Å²) in [7, 11) is 1.64. The first kappa shape index (κ1) is 14.4. The summed E-state index contributed by atoms with van der Waals surface area (Å²) in [4.78, 5) is 0. The van der Waals surface area contributed by atoms with Gasteiger partial charge in [-0.3, -0.25) is 5.84 Å². The van der Waals surface area contributed by atoms with Crippen molar-refractivity contribution in [3.05, 3.63) is 51.3 Å². The number of furan rings is 1. The van der Waals surface area contributed by atoms with Gasteiger partial charge in [-0.15, -0.1) is 0 Å². The quantitative estimate of drug-likeness (QED) is 0.643. The predicted molar refractivity (Wildman–Crippen MR) is 78.2 cm³/mol. The molecule has 1 atom stereocenters. The molecular formula is C13H14BrClN2O2. The Morgan fingerprint density at radius 3 is 2.79 bits per heavy atom. The molecule has 3 N–H and O–H groups in total. The monoisotopic (exact) mass is 344 g/mol. The molecule has 0 spiro atoms. The lowest BCUT2D eigenvalue weighted by Gasteiger charge is -2.16. The molecule has 2 rings (SSSR count). The molecule has 1 aromatic heterocycles. The third-order valence-corrected chi connectivity index (χ3v) is 3.50. The molecule has 0 aliphatic rings. The van der Waals surface area contributed by atoms with Crippen molar-refractivity contribution in [2.45, 2.75) is 12.5 Å². The Morgan fingerprint density at radius 1 is 1.42 bits per heavy atom. The molecule has 0 fully saturated rings. The third-order valence-electron chi connectivity index (χ3n) is 2.81. The molecule has 0 amide bonds. The third kappa shape index (κ3) is 3.51. The van der Waals surface area contributed by atoms with Gasteiger partial charge in [0.15, 0.2) is 5.22 Å². The molecule has 1 unspecified atom stereocenters. The van der Waals surface area contributed by atoms with Crippen LogP contribution in [-0.2, 0) is 6.42 Å². The molecule has 0 bridgehead atoms. The van der Waals surface area contributed by atoms with Crippen LogP contribution in [0.15, 0.2) is 39.2 Å². The molecule has 0 saturated carbocycles. The lowest BCUT2D eigenvalue weighted by atomic mass is 10.0. The fourth-order valence-electron chi connectivity index (χ4n) is 1.88. The van der Waals surface area contributed by atoms with Gasteiger partial charge in [-0.05, 0) is 53.9 Å². The van der Waals surface area contributed by atoms with Crippen LogP contribution in [0.2, 0.25) is 5.22 Å². The lowest BCUT2D eigenvalue weighted by molar-refractivity contribution is 0.392. The van der Waals surface area contributed by atoms with Crippen molar-refractivity contribution in [2.75, 3.05) is 7.11 Å². The Bertz CT molecular complexity index is 559. The van der Waals surface area contributed by atoms with Gasteiger partial charge in [0.05, 0.1) is 13.2 Å². The Hall–Kier alpha value is -1.01. The zero-order chi connectivity index (χ0) is 13.8. The van der Waals surface area contributed by atoms with E-state index in [1.54, 1.807) is 19.2 Å². The predicted octanol–water partition coefficient (Wildman–Crippen LogP) is 3.45. The second-order valence-corrected chi connectivity index (χ2v) is 5.31. The van der Waals surface area contributed by atoms with E-state index in [4.69, 9.17) is 26.6 Å². The molecule has 19 heavy (non-hydrogen) atoms. The van der Waals surface area contributed by atoms with Crippen LogP contribution in [0.3, 0.4) is 0 Å². The summed E-state index contributed by atoms with van der Waals surface area (Å²) in [6.45, 7) is 0. The number of nitrogens with two attached hydrogens (primary N) is 1. The number of hydrogen-bond donors (Lipinski definition) is 2. The van der Waals surface area contributed by atoms with Gasteiger partial charge >= 0.3 is 0 Å². The number of ether oxygens (including phenoxy) is 1. The van der Waals surface area contributed by atoms with Crippen LogP contribution in [0.5, 0.6) is 5.75 Å². The number of halogens is 2. The summed E-state index contributed by atoms with van der Waals surface area (Å²) in [5.41, 5.74) is 3.75. The zero-order valence-corrected chi connectivity index (χ0v) is 12.7. The van der Waals surface area contributed by atoms with Crippen molar-refractivity contribution in [3.63, 3.8) is 0 Å². The molecule has 0 saturated heterocycles. The summed E-state index contributed by atoms with van der Waals surface area (Å²) in [5, 5.41) is 0.344. The van der Waals surface area contributed by atoms with Gasteiger partial charge in [-0.1, -0.05) is 15.9 Å². The largest absolute Gasteiger partial charge is 0.496 e. The van der Waals surface area contributed by atoms with Gasteiger partial charge in [0.25, 0.3) is 0 Å². The SMILES string of the molecule is COc1ccc(Br)cc1CC(NN)c1ccc(Cl)o1. The minimum Gasteiger partial charge on any atom is -0.496 e. The normalized spacial score (nSPS) is 12.4. The van der Waals surface area contributed by atoms with Crippen molar-refractivity contribution in [1.82, 2.24) is 5.43 Å². The van der Waals surface area contributed by atoms with Crippen molar-refractivity contribution >= 4 is 27.5 Å². The van der Waals surface area contributed by atoms with Gasteiger partial charge in [-0.25, -0.2) is 5.43 Å². The summed E-state index contributed by atoms with van der Waals surface area (Å²) in [5.74, 6) is 7.08. The molecule has 0 radical (unpaired) electrons. The van der Waals surface area contributed by atoms with Crippen LogP contribution in [0.25, 0.3) is 0 Å². The fourth-order valence-corrected chi connectivity index (χ4v) is 2.44. The zero-order valence-electron chi connectivity index (χ0n) is 10.3. The summed E-state index contributed by atoms with van der Waals surface area (Å²) in [6, 6.07) is 9.15. The van der Waals surface area contributed by atoms with E-state index in [0.717, 1.165) is 15.8 Å². The minimum atomic E-state index is -0.171. The average molecular weight is 346 g/mol. The first-order valence-corrected chi connectivity index (χ1v) is 6.85. The standard InChI is InChI=1S/C13H14BrClN2O2/c1-18-11-3-2-9(14)6-8(11)7-10(17-16)12-4-5-13(15)19-12/h2-6,10,17H,7,16H2,1H3. The van der Waals surface area contributed by atoms with Gasteiger partial charge in [0.1, 0.15) is 11.5 Å². The van der Waals surface area contributed by atoms with E-state index in [0.29, 0.717) is 17.4 Å². The van der Waals surface area contributed by atoms with E-state index in [9.17, 15) is 0 Å². The van der Waals surface area contributed by atoms with Gasteiger partial charge in [0.2, 0.25) is 0 Å². The van der Waals surface area contributed by atoms with Crippen molar-refractivity contribution < 1.29 is 9.15 Å². The molecule has 102 valence electrons. The van der Waals surface area contributed by atoms with Gasteiger partial charge < -0.3 is 9.15 Å². The van der Waals surface area contributed by atoms with E-state index in [1.807, 2.05) is 18.2 Å². The minimum absolute atomic E-state index is 0.171. The number of methoxy groups -OCH3 is 1. The molecule has 6 heteroatoms. The molecule has 1 aromatic carbocycles. The second kappa shape index (κ2) is 6.43. The van der Waals surface area contributed by atoms with Crippen LogP contribution in [-0.4, -0.2) is 7.11 Å². The lowest BCUT2D eigenvalue weighted by Crippen LogP contribution is -2.29. The Labute approximate surface area is 125 Å². The Kier molecular flexibility index (Phi) is 4.87. The maximum Gasteiger partial charge on any atom is 0.193 e. The second-order valence-electron chi connectivity index (χ2n) is 4.02. The number of hydrogen-bond acceptors (Lipinski definition) is 4. The summed E-state index contributed by atoms with van der Waals surface area (Å²) >= 11 is 9.23. The average Bonchev–Trinajstić information content (AvgIpc) is 2.82. The van der Waals surface area contributed by atoms with Crippen molar-refractivity contribution in [1.29, 1.82) is 0 Å². The molecule has 0 aliphatic heterocycles. The van der Waals surface area contributed by atoms with E-state index in [2.05, 4.69) is 21.4 Å². The molecule has 4 nitrogen and oxygen atoms in total. The van der Waals surface area contributed by atoms with Gasteiger partial charge in [-0.2, -0.15) is 0 Å². The number of nitrogens with one attached hydrogen (secondary N) is 1. The number of rotatable bonds is 5. The van der Waals surface area contributed by atoms with Crippen LogP contribution in [0.1, 0.15) is 17.4 Å². The van der Waals surface area contributed by atoms with Crippen LogP contribution in [0.4, 0.5) is 0 Å². The summed E-state index contributed by atoms with van der Waals surface area (Å²) in [6.07, 6.45) is 0.628. The highest BCUT2D eigenvalue weighted by Gasteiger charge is 2.17. The first-order valence-electron chi connectivity index (χ1n) is 5.68. The maximum absolute atomic E-state index is 5.78. The molecule has 1 heterocycles. The fraction of sp³-hybridized carbons (Fsp3) is 0.231. The van der Waals surface area contributed by atoms with Crippen molar-refractivity contribution in [3.8, 4) is 5.75 Å². The summed E-state index contributed by atoms with van der Waals surface area (Å²) < 4.78 is 11.7. The molecular weight excluding hydrogens is 332 g/mol. The van der Waals surface area contributed by atoms with Gasteiger partial charge in [0, 0.05) is 4.47 Å². The number of benzene rings is 1. The topological polar surface area (TPSA) is 60.4 Å². The smallest absolute Gasteiger partial charge is 0.193 e. The molecule has 0 aliphatic carbocycles. The van der Waals surface area contributed by atoms with E-state index in [1.165, 1.54) is 0 Å². The van der Waals surface area contributed by atoms with Crippen LogP contribution >= 0.6 is 27.5 Å². The molecule has 2 aromatic rings. The van der Waals surface area contributed by atoms with E-state index >= 15 is 0 Å². The van der Waals surface area contributed by atoms with Crippen LogP contribution < -0.4 is 16.0 Å². The van der Waals surface area contributed by atoms with E-state index < -0.39 is 0 Å². The Morgan fingerprint density at radius 2 is 2.21 bits per heavy atom. The van der Waals surface area contributed by atoms with E-state index in [-0.39, 0.29) is 6.04 Å². The highest BCUT2D eigenvalue weighted by Crippen LogP contribution is 2.29. The number of hydrazine groups is 1. The highest BCUT2D eigenvalue weighted by molar-refractivity contribution is 9.10. The maximum atomic E-state index is 5.78. The van der Waals surface area contributed by atoms with Crippen LogP contribution in [0, 0.1) is 0 Å². The highest BCUT2D eigenvalue weighted by atomic mass is 79.9.